The Morgan fingerprint density at radius 1 is 1.48 bits per heavy atom. The number of sulfonamides is 1. The first kappa shape index (κ1) is 19.7. The minimum Gasteiger partial charge on any atom is -0.504 e. The number of alkyl halides is 1. The summed E-state index contributed by atoms with van der Waals surface area (Å²) in [6, 6.07) is 4.78. The first-order valence-electron chi connectivity index (χ1n) is 6.90. The lowest BCUT2D eigenvalue weighted by atomic mass is 10.1. The molecule has 0 aromatic heterocycles. The molecule has 6 nitrogen and oxygen atoms in total. The summed E-state index contributed by atoms with van der Waals surface area (Å²) in [7, 11) is -1.74. The second-order valence-electron chi connectivity index (χ2n) is 4.94. The van der Waals surface area contributed by atoms with Crippen molar-refractivity contribution in [3.8, 4) is 11.5 Å². The third-order valence-electron chi connectivity index (χ3n) is 2.95. The summed E-state index contributed by atoms with van der Waals surface area (Å²) in [4.78, 5) is 11.6. The summed E-state index contributed by atoms with van der Waals surface area (Å²) in [5.41, 5.74) is 0.728. The molecule has 1 aromatic carbocycles. The predicted octanol–water partition coefficient (Wildman–Crippen LogP) is 2.08. The molecule has 0 fully saturated rings. The molecule has 0 spiro atoms. The van der Waals surface area contributed by atoms with Gasteiger partial charge in [0.05, 0.1) is 18.2 Å². The Balaban J connectivity index is 2.51. The van der Waals surface area contributed by atoms with Crippen LogP contribution in [0.15, 0.2) is 24.3 Å². The summed E-state index contributed by atoms with van der Waals surface area (Å²) in [6.07, 6.45) is 5.24. The van der Waals surface area contributed by atoms with Crippen LogP contribution in [-0.2, 0) is 14.8 Å². The molecule has 0 bridgehead atoms. The predicted molar refractivity (Wildman–Crippen MR) is 93.5 cm³/mol. The molecule has 1 unspecified atom stereocenters. The Bertz CT molecular complexity index is 672. The van der Waals surface area contributed by atoms with Crippen molar-refractivity contribution in [2.24, 2.45) is 0 Å². The molecule has 0 aliphatic carbocycles. The summed E-state index contributed by atoms with van der Waals surface area (Å²) < 4.78 is 29.2. The molecule has 2 N–H and O–H groups in total. The lowest BCUT2D eigenvalue weighted by Gasteiger charge is -2.07. The molecule has 0 amide bonds. The van der Waals surface area contributed by atoms with E-state index in [0.29, 0.717) is 25.1 Å². The number of benzene rings is 1. The van der Waals surface area contributed by atoms with Crippen molar-refractivity contribution < 1.29 is 23.1 Å². The van der Waals surface area contributed by atoms with Gasteiger partial charge >= 0.3 is 0 Å². The second-order valence-corrected chi connectivity index (χ2v) is 7.88. The Hall–Kier alpha value is -1.38. The fourth-order valence-electron chi connectivity index (χ4n) is 1.76. The summed E-state index contributed by atoms with van der Waals surface area (Å²) >= 11 is 3.29. The Morgan fingerprint density at radius 3 is 2.78 bits per heavy atom. The van der Waals surface area contributed by atoms with Gasteiger partial charge < -0.3 is 9.84 Å². The van der Waals surface area contributed by atoms with E-state index < -0.39 is 10.0 Å². The molecule has 1 rings (SSSR count). The molecule has 1 atom stereocenters. The van der Waals surface area contributed by atoms with Gasteiger partial charge in [0.1, 0.15) is 0 Å². The molecular formula is C15H20BrNO5S. The van der Waals surface area contributed by atoms with Crippen LogP contribution < -0.4 is 9.46 Å². The average molecular weight is 406 g/mol. The van der Waals surface area contributed by atoms with E-state index in [1.165, 1.54) is 19.3 Å². The van der Waals surface area contributed by atoms with Crippen LogP contribution in [-0.4, -0.2) is 44.0 Å². The van der Waals surface area contributed by atoms with Crippen molar-refractivity contribution in [1.29, 1.82) is 0 Å². The van der Waals surface area contributed by atoms with E-state index in [1.807, 2.05) is 0 Å². The topological polar surface area (TPSA) is 92.7 Å². The number of carbonyl (C=O) groups excluding carboxylic acids is 1. The van der Waals surface area contributed by atoms with E-state index in [2.05, 4.69) is 20.7 Å². The first-order valence-corrected chi connectivity index (χ1v) is 9.71. The average Bonchev–Trinajstić information content (AvgIpc) is 2.49. The van der Waals surface area contributed by atoms with E-state index in [-0.39, 0.29) is 16.4 Å². The SMILES string of the molecule is COc1cc(C=CC(=O)C(Br)CCCNS(C)(=O)=O)ccc1O. The number of nitrogens with one attached hydrogen (secondary N) is 1. The zero-order valence-corrected chi connectivity index (χ0v) is 15.4. The van der Waals surface area contributed by atoms with E-state index in [0.717, 1.165) is 11.8 Å². The normalized spacial score (nSPS) is 13.2. The minimum absolute atomic E-state index is 0.0349. The Labute approximate surface area is 144 Å². The first-order chi connectivity index (χ1) is 10.7. The lowest BCUT2D eigenvalue weighted by molar-refractivity contribution is -0.114. The van der Waals surface area contributed by atoms with Gasteiger partial charge in [-0.05, 0) is 36.6 Å². The van der Waals surface area contributed by atoms with Crippen molar-refractivity contribution >= 4 is 37.8 Å². The van der Waals surface area contributed by atoms with Gasteiger partial charge in [0.25, 0.3) is 0 Å². The van der Waals surface area contributed by atoms with Gasteiger partial charge in [-0.1, -0.05) is 28.1 Å². The van der Waals surface area contributed by atoms with Gasteiger partial charge in [0.15, 0.2) is 17.3 Å². The molecule has 0 radical (unpaired) electrons. The highest BCUT2D eigenvalue weighted by Crippen LogP contribution is 2.26. The molecule has 0 saturated heterocycles. The maximum absolute atomic E-state index is 12.0. The Kier molecular flexibility index (Phi) is 7.74. The number of allylic oxidation sites excluding steroid dienone is 1. The molecular weight excluding hydrogens is 386 g/mol. The number of hydrogen-bond acceptors (Lipinski definition) is 5. The smallest absolute Gasteiger partial charge is 0.208 e. The molecule has 8 heteroatoms. The third kappa shape index (κ3) is 7.62. The van der Waals surface area contributed by atoms with Gasteiger partial charge in [-0.15, -0.1) is 0 Å². The van der Waals surface area contributed by atoms with Crippen molar-refractivity contribution in [3.05, 3.63) is 29.8 Å². The standard InChI is InChI=1S/C15H20BrNO5S/c1-22-15-10-11(6-8-14(15)19)5-7-13(18)12(16)4-3-9-17-23(2,20)21/h5-8,10,12,17,19H,3-4,9H2,1-2H3. The van der Waals surface area contributed by atoms with E-state index in [4.69, 9.17) is 4.74 Å². The number of ether oxygens (including phenoxy) is 1. The highest BCUT2D eigenvalue weighted by atomic mass is 79.9. The summed E-state index contributed by atoms with van der Waals surface area (Å²) in [5, 5.41) is 9.51. The van der Waals surface area contributed by atoms with Crippen molar-refractivity contribution in [3.63, 3.8) is 0 Å². The number of halogens is 1. The number of phenolic OH excluding ortho intramolecular Hbond substituents is 1. The summed E-state index contributed by atoms with van der Waals surface area (Å²) in [6.45, 7) is 0.299. The Morgan fingerprint density at radius 2 is 2.17 bits per heavy atom. The quantitative estimate of drug-likeness (QED) is 0.372. The number of methoxy groups -OCH3 is 1. The number of hydrogen-bond donors (Lipinski definition) is 2. The van der Waals surface area contributed by atoms with E-state index in [1.54, 1.807) is 18.2 Å². The van der Waals surface area contributed by atoms with Gasteiger partial charge in [-0.2, -0.15) is 0 Å². The fraction of sp³-hybridized carbons (Fsp3) is 0.400. The fourth-order valence-corrected chi connectivity index (χ4v) is 2.75. The highest BCUT2D eigenvalue weighted by molar-refractivity contribution is 9.10. The van der Waals surface area contributed by atoms with Crippen LogP contribution in [0.25, 0.3) is 6.08 Å². The minimum atomic E-state index is -3.20. The van der Waals surface area contributed by atoms with Gasteiger partial charge in [0, 0.05) is 6.54 Å². The maximum atomic E-state index is 12.0. The third-order valence-corrected chi connectivity index (χ3v) is 4.59. The monoisotopic (exact) mass is 405 g/mol. The maximum Gasteiger partial charge on any atom is 0.208 e. The van der Waals surface area contributed by atoms with E-state index >= 15 is 0 Å². The number of carbonyl (C=O) groups is 1. The lowest BCUT2D eigenvalue weighted by Crippen LogP contribution is -2.24. The van der Waals surface area contributed by atoms with Crippen LogP contribution in [0, 0.1) is 0 Å². The molecule has 0 aliphatic rings. The number of ketones is 1. The van der Waals surface area contributed by atoms with Crippen molar-refractivity contribution in [2.45, 2.75) is 17.7 Å². The zero-order valence-electron chi connectivity index (χ0n) is 13.0. The zero-order chi connectivity index (χ0) is 17.5. The number of aromatic hydroxyl groups is 1. The highest BCUT2D eigenvalue weighted by Gasteiger charge is 2.12. The number of rotatable bonds is 9. The molecule has 0 aliphatic heterocycles. The largest absolute Gasteiger partial charge is 0.504 e. The van der Waals surface area contributed by atoms with Crippen LogP contribution in [0.3, 0.4) is 0 Å². The van der Waals surface area contributed by atoms with Crippen LogP contribution >= 0.6 is 15.9 Å². The van der Waals surface area contributed by atoms with Gasteiger partial charge in [-0.3, -0.25) is 4.79 Å². The summed E-state index contributed by atoms with van der Waals surface area (Å²) in [5.74, 6) is 0.256. The van der Waals surface area contributed by atoms with Gasteiger partial charge in [0.2, 0.25) is 10.0 Å². The molecule has 0 saturated carbocycles. The molecule has 0 heterocycles. The second kappa shape index (κ2) is 9.05. The van der Waals surface area contributed by atoms with Gasteiger partial charge in [-0.25, -0.2) is 13.1 Å². The molecule has 1 aromatic rings. The van der Waals surface area contributed by atoms with Crippen LogP contribution in [0.1, 0.15) is 18.4 Å². The van der Waals surface area contributed by atoms with E-state index in [9.17, 15) is 18.3 Å². The number of phenols is 1. The van der Waals surface area contributed by atoms with Crippen LogP contribution in [0.5, 0.6) is 11.5 Å². The molecule has 128 valence electrons. The molecule has 23 heavy (non-hydrogen) atoms. The van der Waals surface area contributed by atoms with Crippen molar-refractivity contribution in [2.75, 3.05) is 19.9 Å². The van der Waals surface area contributed by atoms with Crippen molar-refractivity contribution in [1.82, 2.24) is 4.72 Å². The van der Waals surface area contributed by atoms with Crippen LogP contribution in [0.4, 0.5) is 0 Å². The van der Waals surface area contributed by atoms with Crippen LogP contribution in [0.2, 0.25) is 0 Å².